The van der Waals surface area contributed by atoms with Gasteiger partial charge in [-0.1, -0.05) is 41.4 Å². The van der Waals surface area contributed by atoms with Gasteiger partial charge in [0.05, 0.1) is 94.1 Å². The summed E-state index contributed by atoms with van der Waals surface area (Å²) in [5.41, 5.74) is 2.65. The molecule has 5 heterocycles. The minimum atomic E-state index is -4.50. The highest BCUT2D eigenvalue weighted by atomic mass is 32.2. The number of nitrogens with one attached hydrogen (secondary N) is 4. The van der Waals surface area contributed by atoms with Gasteiger partial charge in [-0.25, -0.2) is 0 Å². The molecule has 34 nitrogen and oxygen atoms in total. The predicted molar refractivity (Wildman–Crippen MR) is 391 cm³/mol. The SMILES string of the molecule is CCSc1nc(Nc2cc(N(CC)CC)c(OC)cc2N=Nc2nc(N3CCOCC3)c(/C=C(/C(C)=O)C(=O)Nc3ccc(S(=O)(=O)O)cc3)s2)nc(Nc2cc(N(CC)CC)c(OC)cc2N=Nc2nc(N3CCOCC3)c(/C=C(\C(C)=O)C(=O)Nc3ccc(S(=O)(=O)O)cc3)s2)n1.O=S(=O)=O. The third-order valence-electron chi connectivity index (χ3n) is 15.2. The number of carbonyl (C=O) groups excluding carboxylic acids is 4. The number of benzene rings is 4. The summed E-state index contributed by atoms with van der Waals surface area (Å²) in [5, 5.41) is 31.5. The first-order valence-electron chi connectivity index (χ1n) is 31.5. The predicted octanol–water partition coefficient (Wildman–Crippen LogP) is 10.3. The van der Waals surface area contributed by atoms with Crippen molar-refractivity contribution < 1.29 is 76.7 Å². The second kappa shape index (κ2) is 36.4. The molecule has 0 bridgehead atoms. The number of thiazole rings is 2. The molecule has 3 aromatic heterocycles. The summed E-state index contributed by atoms with van der Waals surface area (Å²) < 4.78 is 114. The van der Waals surface area contributed by atoms with Crippen molar-refractivity contribution in [3.63, 3.8) is 0 Å². The van der Waals surface area contributed by atoms with E-state index >= 15 is 0 Å². The van der Waals surface area contributed by atoms with E-state index in [1.165, 1.54) is 62.0 Å². The largest absolute Gasteiger partial charge is 0.494 e. The summed E-state index contributed by atoms with van der Waals surface area (Å²) in [5.74, 6) is -0.118. The van der Waals surface area contributed by atoms with Gasteiger partial charge in [0.25, 0.3) is 32.1 Å². The Morgan fingerprint density at radius 1 is 0.583 bits per heavy atom. The fourth-order valence-electron chi connectivity index (χ4n) is 10.2. The summed E-state index contributed by atoms with van der Waals surface area (Å²) >= 11 is 3.51. The molecule has 2 saturated heterocycles. The number of amides is 2. The highest BCUT2D eigenvalue weighted by molar-refractivity contribution is 7.99. The standard InChI is InChI=1S/C63H73N17O14S5.O3S/c1-10-77(11-2)49-33-45(47(35-51(49)91-8)73-75-62-68-55(79-23-27-93-28-24-79)53(96-62)31-43(37(6)81)57(83)64-39-15-19-41(20-16-39)98(85,86)87)66-59-70-60(72-61(71-59)95-14-5)67-46-34-50(78(12-3)13-4)52(92-9)36-48(46)74-76-63-69-56(80-25-29-94-30-26-80)54(97-63)32-44(38(7)82)58(84)65-40-17-21-42(22-18-40)99(88,89)90;1-4(2)3/h15-22,31-36H,10-14,23-30H2,1-9H3,(H,64,83)(H,65,84)(H,85,86,87)(H,88,89,90)(H2,66,67,70,71,72);/b43-31-,44-32+,75-73?,76-74?;. The van der Waals surface area contributed by atoms with Crippen molar-refractivity contribution in [1.29, 1.82) is 0 Å². The minimum Gasteiger partial charge on any atom is -0.494 e. The topological polar surface area (TPSA) is 440 Å². The molecule has 548 valence electrons. The smallest absolute Gasteiger partial charge is 0.425 e. The summed E-state index contributed by atoms with van der Waals surface area (Å²) in [7, 11) is -9.01. The van der Waals surface area contributed by atoms with Gasteiger partial charge in [-0.3, -0.25) is 28.3 Å². The summed E-state index contributed by atoms with van der Waals surface area (Å²) in [4.78, 5) is 86.5. The van der Waals surface area contributed by atoms with Gasteiger partial charge in [-0.15, -0.1) is 33.1 Å². The van der Waals surface area contributed by atoms with Gasteiger partial charge < -0.3 is 59.8 Å². The van der Waals surface area contributed by atoms with E-state index < -0.39 is 54.2 Å². The maximum atomic E-state index is 13.8. The lowest BCUT2D eigenvalue weighted by Crippen LogP contribution is -2.36. The van der Waals surface area contributed by atoms with Crippen molar-refractivity contribution in [3.8, 4) is 11.5 Å². The first kappa shape index (κ1) is 78.9. The molecule has 2 aliphatic heterocycles. The number of aromatic nitrogens is 5. The van der Waals surface area contributed by atoms with E-state index in [4.69, 9.17) is 66.7 Å². The fourth-order valence-corrected chi connectivity index (χ4v) is 13.4. The maximum absolute atomic E-state index is 13.8. The lowest BCUT2D eigenvalue weighted by Gasteiger charge is -2.27. The lowest BCUT2D eigenvalue weighted by atomic mass is 10.1. The fraction of sp³-hybridized carbons (Fsp3) is 0.349. The Labute approximate surface area is 606 Å². The van der Waals surface area contributed by atoms with Gasteiger partial charge in [0, 0.05) is 75.9 Å². The monoisotopic (exact) mass is 1530 g/mol. The van der Waals surface area contributed by atoms with E-state index in [9.17, 15) is 45.1 Å². The molecule has 4 aromatic carbocycles. The van der Waals surface area contributed by atoms with Crippen LogP contribution in [0.1, 0.15) is 58.2 Å². The van der Waals surface area contributed by atoms with Crippen molar-refractivity contribution in [2.24, 2.45) is 20.5 Å². The number of hydrogen-bond acceptors (Lipinski definition) is 33. The number of nitrogens with zero attached hydrogens (tertiary/aromatic N) is 13. The van der Waals surface area contributed by atoms with E-state index in [-0.39, 0.29) is 65.8 Å². The van der Waals surface area contributed by atoms with E-state index in [0.717, 1.165) is 46.9 Å². The number of morpholine rings is 2. The first-order chi connectivity index (χ1) is 49.2. The van der Waals surface area contributed by atoms with Crippen molar-refractivity contribution in [2.75, 3.05) is 140 Å². The first-order valence-corrected chi connectivity index (χ1v) is 38.0. The van der Waals surface area contributed by atoms with E-state index in [1.807, 2.05) is 56.6 Å². The van der Waals surface area contributed by atoms with Crippen LogP contribution in [-0.4, -0.2) is 186 Å². The second-order valence-corrected chi connectivity index (χ2v) is 28.2. The molecule has 0 aliphatic carbocycles. The van der Waals surface area contributed by atoms with Crippen LogP contribution in [0.4, 0.5) is 79.3 Å². The number of ether oxygens (including phenoxy) is 4. The molecule has 6 N–H and O–H groups in total. The van der Waals surface area contributed by atoms with Crippen molar-refractivity contribution in [2.45, 2.75) is 63.4 Å². The Kier molecular flexibility index (Phi) is 27.9. The Balaban J connectivity index is 0.00000327. The van der Waals surface area contributed by atoms with E-state index in [0.29, 0.717) is 145 Å². The van der Waals surface area contributed by atoms with Crippen LogP contribution in [0.5, 0.6) is 11.5 Å². The Morgan fingerprint density at radius 3 is 1.25 bits per heavy atom. The number of Topliss-reactive ketones (excluding diaryl/α,β-unsaturated/α-hetero) is 2. The van der Waals surface area contributed by atoms with Gasteiger partial charge in [-0.05, 0) is 120 Å². The quantitative estimate of drug-likeness (QED) is 0.00608. The molecule has 2 fully saturated rings. The zero-order valence-electron chi connectivity index (χ0n) is 57.1. The molecule has 0 radical (unpaired) electrons. The number of methoxy groups -OCH3 is 2. The van der Waals surface area contributed by atoms with Crippen LogP contribution in [0.3, 0.4) is 0 Å². The Bertz CT molecular complexity index is 4450. The molecular weight excluding hydrogens is 1460 g/mol. The lowest BCUT2D eigenvalue weighted by molar-refractivity contribution is -0.120. The number of thioether (sulfide) groups is 1. The second-order valence-electron chi connectivity index (χ2n) is 21.7. The van der Waals surface area contributed by atoms with Crippen LogP contribution in [0, 0.1) is 0 Å². The molecule has 2 amide bonds. The molecular formula is C63H73N17O17S6. The molecule has 103 heavy (non-hydrogen) atoms. The number of anilines is 10. The van der Waals surface area contributed by atoms with Crippen molar-refractivity contribution >= 4 is 180 Å². The highest BCUT2D eigenvalue weighted by Crippen LogP contribution is 2.45. The van der Waals surface area contributed by atoms with E-state index in [1.54, 1.807) is 26.4 Å². The molecule has 9 rings (SSSR count). The van der Waals surface area contributed by atoms with Gasteiger partial charge in [0.2, 0.25) is 22.2 Å². The molecule has 7 aromatic rings. The summed E-state index contributed by atoms with van der Waals surface area (Å²) in [6, 6.07) is 16.7. The van der Waals surface area contributed by atoms with Crippen LogP contribution in [0.2, 0.25) is 0 Å². The highest BCUT2D eigenvalue weighted by Gasteiger charge is 2.27. The Hall–Kier alpha value is -9.78. The van der Waals surface area contributed by atoms with Crippen molar-refractivity contribution in [3.05, 3.63) is 93.7 Å². The number of hydrogen-bond donors (Lipinski definition) is 6. The number of azo groups is 2. The zero-order valence-corrected chi connectivity index (χ0v) is 62.0. The van der Waals surface area contributed by atoms with Crippen molar-refractivity contribution in [1.82, 2.24) is 24.9 Å². The third kappa shape index (κ3) is 21.4. The number of rotatable bonds is 30. The molecule has 0 saturated carbocycles. The average Bonchev–Trinajstić information content (AvgIpc) is 1.75. The van der Waals surface area contributed by atoms with Gasteiger partial charge >= 0.3 is 10.6 Å². The van der Waals surface area contributed by atoms with Gasteiger partial charge in [-0.2, -0.15) is 41.8 Å². The van der Waals surface area contributed by atoms with Gasteiger partial charge in [0.1, 0.15) is 34.5 Å². The molecule has 2 aliphatic rings. The van der Waals surface area contributed by atoms with Crippen LogP contribution in [0.15, 0.2) is 119 Å². The van der Waals surface area contributed by atoms with E-state index in [2.05, 4.69) is 41.3 Å². The number of carbonyl (C=O) groups is 4. The summed E-state index contributed by atoms with van der Waals surface area (Å²) in [6.07, 6.45) is 2.84. The van der Waals surface area contributed by atoms with Crippen LogP contribution < -0.4 is 50.3 Å². The van der Waals surface area contributed by atoms with Crippen LogP contribution in [0.25, 0.3) is 12.2 Å². The summed E-state index contributed by atoms with van der Waals surface area (Å²) in [6.45, 7) is 18.2. The zero-order chi connectivity index (χ0) is 74.7. The van der Waals surface area contributed by atoms with Crippen LogP contribution >= 0.6 is 34.4 Å². The van der Waals surface area contributed by atoms with Gasteiger partial charge in [0.15, 0.2) is 16.7 Å². The van der Waals surface area contributed by atoms with Crippen LogP contribution in [-0.2, 0) is 59.5 Å². The molecule has 0 spiro atoms. The molecule has 0 unspecified atom stereocenters. The normalized spacial score (nSPS) is 13.7. The number of ketones is 2. The average molecular weight is 1530 g/mol. The molecule has 0 atom stereocenters. The third-order valence-corrected chi connectivity index (χ3v) is 19.4. The maximum Gasteiger partial charge on any atom is 0.425 e. The Morgan fingerprint density at radius 2 is 0.942 bits per heavy atom. The minimum absolute atomic E-state index is 0.101. The molecule has 40 heteroatoms.